The van der Waals surface area contributed by atoms with E-state index >= 15 is 0 Å². The zero-order chi connectivity index (χ0) is 16.3. The number of carbonyl (C=O) groups is 1. The standard InChI is InChI=1S/C12H15F2N5OS2/c1-12(2,3)6-5-21-7(16-6)4-15-10(20)17-11-19-18-9(22-11)8(13)14/h5,8H,4H2,1-3H3,(H2,15,17,19,20). The molecule has 0 aromatic carbocycles. The van der Waals surface area contributed by atoms with Crippen molar-refractivity contribution in [3.05, 3.63) is 21.1 Å². The molecule has 0 saturated carbocycles. The van der Waals surface area contributed by atoms with Crippen LogP contribution < -0.4 is 10.6 Å². The number of alkyl halides is 2. The van der Waals surface area contributed by atoms with Crippen LogP contribution in [-0.2, 0) is 12.0 Å². The highest BCUT2D eigenvalue weighted by molar-refractivity contribution is 7.15. The van der Waals surface area contributed by atoms with Gasteiger partial charge in [0.2, 0.25) is 5.13 Å². The van der Waals surface area contributed by atoms with Crippen molar-refractivity contribution in [3.8, 4) is 0 Å². The van der Waals surface area contributed by atoms with Crippen LogP contribution in [0, 0.1) is 0 Å². The molecule has 0 aliphatic heterocycles. The Labute approximate surface area is 134 Å². The minimum atomic E-state index is -2.69. The molecule has 0 fully saturated rings. The monoisotopic (exact) mass is 347 g/mol. The van der Waals surface area contributed by atoms with Gasteiger partial charge in [-0.2, -0.15) is 0 Å². The van der Waals surface area contributed by atoms with Gasteiger partial charge >= 0.3 is 6.03 Å². The second-order valence-electron chi connectivity index (χ2n) is 5.43. The molecule has 2 heterocycles. The highest BCUT2D eigenvalue weighted by Gasteiger charge is 2.18. The molecule has 2 rings (SSSR count). The average molecular weight is 347 g/mol. The van der Waals surface area contributed by atoms with Gasteiger partial charge in [-0.05, 0) is 0 Å². The molecule has 2 aromatic rings. The van der Waals surface area contributed by atoms with Crippen molar-refractivity contribution in [2.75, 3.05) is 5.32 Å². The van der Waals surface area contributed by atoms with Crippen molar-refractivity contribution in [2.24, 2.45) is 0 Å². The molecule has 2 amide bonds. The zero-order valence-electron chi connectivity index (χ0n) is 12.2. The van der Waals surface area contributed by atoms with E-state index in [1.54, 1.807) is 0 Å². The number of carbonyl (C=O) groups excluding carboxylic acids is 1. The highest BCUT2D eigenvalue weighted by Crippen LogP contribution is 2.25. The molecule has 0 radical (unpaired) electrons. The Morgan fingerprint density at radius 3 is 2.64 bits per heavy atom. The van der Waals surface area contributed by atoms with Gasteiger partial charge < -0.3 is 5.32 Å². The number of aromatic nitrogens is 3. The topological polar surface area (TPSA) is 79.8 Å². The van der Waals surface area contributed by atoms with Gasteiger partial charge in [-0.25, -0.2) is 18.6 Å². The summed E-state index contributed by atoms with van der Waals surface area (Å²) in [5, 5.41) is 14.0. The lowest BCUT2D eigenvalue weighted by molar-refractivity contribution is 0.150. The van der Waals surface area contributed by atoms with Crippen LogP contribution in [0.2, 0.25) is 0 Å². The van der Waals surface area contributed by atoms with E-state index < -0.39 is 17.5 Å². The van der Waals surface area contributed by atoms with Crippen LogP contribution in [0.4, 0.5) is 18.7 Å². The average Bonchev–Trinajstić information content (AvgIpc) is 3.04. The summed E-state index contributed by atoms with van der Waals surface area (Å²) in [4.78, 5) is 16.1. The maximum atomic E-state index is 12.4. The maximum Gasteiger partial charge on any atom is 0.321 e. The zero-order valence-corrected chi connectivity index (χ0v) is 13.8. The van der Waals surface area contributed by atoms with Crippen LogP contribution in [-0.4, -0.2) is 21.2 Å². The Hall–Kier alpha value is -1.68. The third-order valence-electron chi connectivity index (χ3n) is 2.57. The Morgan fingerprint density at radius 2 is 2.09 bits per heavy atom. The summed E-state index contributed by atoms with van der Waals surface area (Å²) in [6.45, 7) is 6.43. The lowest BCUT2D eigenvalue weighted by atomic mass is 9.93. The summed E-state index contributed by atoms with van der Waals surface area (Å²) in [7, 11) is 0. The van der Waals surface area contributed by atoms with Gasteiger partial charge in [0.05, 0.1) is 12.2 Å². The summed E-state index contributed by atoms with van der Waals surface area (Å²) in [6, 6.07) is -0.538. The van der Waals surface area contributed by atoms with E-state index in [9.17, 15) is 13.6 Å². The van der Waals surface area contributed by atoms with E-state index in [1.807, 2.05) is 5.38 Å². The van der Waals surface area contributed by atoms with Crippen LogP contribution in [0.15, 0.2) is 5.38 Å². The molecule has 2 aromatic heterocycles. The molecule has 22 heavy (non-hydrogen) atoms. The number of rotatable bonds is 4. The summed E-state index contributed by atoms with van der Waals surface area (Å²) in [5.74, 6) is 0. The van der Waals surface area contributed by atoms with Gasteiger partial charge in [-0.3, -0.25) is 5.32 Å². The second-order valence-corrected chi connectivity index (χ2v) is 7.38. The van der Waals surface area contributed by atoms with Crippen LogP contribution in [0.25, 0.3) is 0 Å². The fourth-order valence-corrected chi connectivity index (χ4v) is 2.96. The van der Waals surface area contributed by atoms with Crippen molar-refractivity contribution in [2.45, 2.75) is 39.2 Å². The minimum Gasteiger partial charge on any atom is -0.331 e. The number of amides is 2. The number of nitrogens with zero attached hydrogens (tertiary/aromatic N) is 3. The Bertz CT molecular complexity index is 650. The van der Waals surface area contributed by atoms with Crippen molar-refractivity contribution in [3.63, 3.8) is 0 Å². The number of thiazole rings is 1. The molecule has 6 nitrogen and oxygen atoms in total. The lowest BCUT2D eigenvalue weighted by Crippen LogP contribution is -2.28. The third kappa shape index (κ3) is 4.41. The van der Waals surface area contributed by atoms with E-state index in [4.69, 9.17) is 0 Å². The molecule has 0 aliphatic rings. The van der Waals surface area contributed by atoms with E-state index in [0.29, 0.717) is 11.3 Å². The number of hydrogen-bond donors (Lipinski definition) is 2. The molecule has 2 N–H and O–H groups in total. The smallest absolute Gasteiger partial charge is 0.321 e. The SMILES string of the molecule is CC(C)(C)c1csc(CNC(=O)Nc2nnc(C(F)F)s2)n1. The molecule has 10 heteroatoms. The van der Waals surface area contributed by atoms with Crippen molar-refractivity contribution >= 4 is 33.8 Å². The first-order valence-electron chi connectivity index (χ1n) is 6.37. The molecular weight excluding hydrogens is 332 g/mol. The van der Waals surface area contributed by atoms with Crippen LogP contribution in [0.3, 0.4) is 0 Å². The van der Waals surface area contributed by atoms with Crippen LogP contribution in [0.1, 0.15) is 42.9 Å². The first-order valence-corrected chi connectivity index (χ1v) is 8.06. The van der Waals surface area contributed by atoms with Crippen LogP contribution >= 0.6 is 22.7 Å². The molecule has 0 bridgehead atoms. The second kappa shape index (κ2) is 6.61. The van der Waals surface area contributed by atoms with Crippen molar-refractivity contribution < 1.29 is 13.6 Å². The maximum absolute atomic E-state index is 12.4. The molecule has 0 unspecified atom stereocenters. The number of urea groups is 1. The third-order valence-corrected chi connectivity index (χ3v) is 4.26. The first-order chi connectivity index (χ1) is 10.3. The molecular formula is C12H15F2N5OS2. The number of anilines is 1. The number of nitrogens with one attached hydrogen (secondary N) is 2. The molecule has 0 atom stereocenters. The molecule has 0 spiro atoms. The fraction of sp³-hybridized carbons (Fsp3) is 0.500. The normalized spacial score (nSPS) is 11.7. The number of hydrogen-bond acceptors (Lipinski definition) is 6. The summed E-state index contributed by atoms with van der Waals surface area (Å²) in [6.07, 6.45) is -2.69. The number of halogens is 2. The lowest BCUT2D eigenvalue weighted by Gasteiger charge is -2.14. The quantitative estimate of drug-likeness (QED) is 0.886. The molecule has 0 aliphatic carbocycles. The van der Waals surface area contributed by atoms with Crippen molar-refractivity contribution in [1.29, 1.82) is 0 Å². The van der Waals surface area contributed by atoms with E-state index in [1.165, 1.54) is 11.3 Å². The van der Waals surface area contributed by atoms with Gasteiger partial charge in [0.25, 0.3) is 6.43 Å². The van der Waals surface area contributed by atoms with Gasteiger partial charge in [-0.1, -0.05) is 32.1 Å². The van der Waals surface area contributed by atoms with E-state index in [0.717, 1.165) is 10.7 Å². The van der Waals surface area contributed by atoms with Gasteiger partial charge in [-0.15, -0.1) is 21.5 Å². The predicted octanol–water partition coefficient (Wildman–Crippen LogP) is 3.55. The van der Waals surface area contributed by atoms with Gasteiger partial charge in [0.1, 0.15) is 5.01 Å². The summed E-state index contributed by atoms with van der Waals surface area (Å²) < 4.78 is 24.7. The highest BCUT2D eigenvalue weighted by atomic mass is 32.1. The molecule has 0 saturated heterocycles. The Balaban J connectivity index is 1.86. The summed E-state index contributed by atoms with van der Waals surface area (Å²) in [5.41, 5.74) is 0.912. The van der Waals surface area contributed by atoms with Crippen LogP contribution in [0.5, 0.6) is 0 Å². The Morgan fingerprint density at radius 1 is 1.36 bits per heavy atom. The van der Waals surface area contributed by atoms with E-state index in [2.05, 4.69) is 46.6 Å². The van der Waals surface area contributed by atoms with E-state index in [-0.39, 0.29) is 17.1 Å². The largest absolute Gasteiger partial charge is 0.331 e. The fourth-order valence-electron chi connectivity index (χ4n) is 1.41. The van der Waals surface area contributed by atoms with Crippen molar-refractivity contribution in [1.82, 2.24) is 20.5 Å². The molecule has 120 valence electrons. The first kappa shape index (κ1) is 16.7. The minimum absolute atomic E-state index is 0.0299. The Kier molecular flexibility index (Phi) is 5.01. The van der Waals surface area contributed by atoms with Gasteiger partial charge in [0, 0.05) is 10.8 Å². The predicted molar refractivity (Wildman–Crippen MR) is 81.5 cm³/mol. The summed E-state index contributed by atoms with van der Waals surface area (Å²) >= 11 is 2.10. The van der Waals surface area contributed by atoms with Gasteiger partial charge in [0.15, 0.2) is 5.01 Å².